The van der Waals surface area contributed by atoms with Gasteiger partial charge in [0.1, 0.15) is 12.9 Å². The van der Waals surface area contributed by atoms with E-state index >= 15 is 0 Å². The summed E-state index contributed by atoms with van der Waals surface area (Å²) in [6.45, 7) is 1.68. The molecule has 1 N–H and O–H groups in total. The number of nitrogens with one attached hydrogen (secondary N) is 1. The summed E-state index contributed by atoms with van der Waals surface area (Å²) in [4.78, 5) is 4.92. The molecule has 0 radical (unpaired) electrons. The molecular formula is C22H24ClFN2O. The molecule has 0 heterocycles. The van der Waals surface area contributed by atoms with Gasteiger partial charge in [-0.1, -0.05) is 59.8 Å². The zero-order valence-corrected chi connectivity index (χ0v) is 16.1. The average Bonchev–Trinajstić information content (AvgIpc) is 2.67. The van der Waals surface area contributed by atoms with Gasteiger partial charge in [-0.3, -0.25) is 0 Å². The third-order valence-electron chi connectivity index (χ3n) is 4.32. The number of nitrogens with zero attached hydrogens (tertiary/aromatic N) is 1. The van der Waals surface area contributed by atoms with E-state index in [1.54, 1.807) is 12.1 Å². The molecule has 142 valence electrons. The lowest BCUT2D eigenvalue weighted by Crippen LogP contribution is -2.21. The maximum absolute atomic E-state index is 13.1. The van der Waals surface area contributed by atoms with Gasteiger partial charge in [0, 0.05) is 13.0 Å². The van der Waals surface area contributed by atoms with Crippen LogP contribution < -0.4 is 5.32 Å². The van der Waals surface area contributed by atoms with Crippen LogP contribution in [0, 0.1) is 5.82 Å². The van der Waals surface area contributed by atoms with Crippen LogP contribution in [0.1, 0.15) is 17.5 Å². The minimum Gasteiger partial charge on any atom is -0.399 e. The highest BCUT2D eigenvalue weighted by molar-refractivity contribution is 6.00. The fourth-order valence-electron chi connectivity index (χ4n) is 2.95. The number of halogens is 2. The van der Waals surface area contributed by atoms with E-state index in [4.69, 9.17) is 4.84 Å². The fraction of sp³-hybridized carbons (Fsp3) is 0.227. The van der Waals surface area contributed by atoms with Crippen LogP contribution in [0.15, 0.2) is 71.9 Å². The van der Waals surface area contributed by atoms with Crippen molar-refractivity contribution in [3.05, 3.63) is 83.7 Å². The highest BCUT2D eigenvalue weighted by atomic mass is 35.5. The Kier molecular flexibility index (Phi) is 8.24. The van der Waals surface area contributed by atoms with Crippen LogP contribution in [0.2, 0.25) is 0 Å². The summed E-state index contributed by atoms with van der Waals surface area (Å²) in [5.74, 6) is -0.251. The quantitative estimate of drug-likeness (QED) is 0.337. The predicted molar refractivity (Wildman–Crippen MR) is 112 cm³/mol. The van der Waals surface area contributed by atoms with Crippen molar-refractivity contribution in [1.82, 2.24) is 5.32 Å². The Labute approximate surface area is 165 Å². The first-order valence-corrected chi connectivity index (χ1v) is 8.80. The number of oxime groups is 1. The first kappa shape index (κ1) is 20.9. The van der Waals surface area contributed by atoms with Crippen LogP contribution in [0.5, 0.6) is 0 Å². The van der Waals surface area contributed by atoms with Crippen LogP contribution in [-0.2, 0) is 11.3 Å². The summed E-state index contributed by atoms with van der Waals surface area (Å²) < 4.78 is 13.1. The van der Waals surface area contributed by atoms with E-state index in [9.17, 15) is 4.39 Å². The number of hydrogen-bond acceptors (Lipinski definition) is 3. The van der Waals surface area contributed by atoms with E-state index < -0.39 is 0 Å². The minimum atomic E-state index is -0.251. The predicted octanol–water partition coefficient (Wildman–Crippen LogP) is 4.97. The largest absolute Gasteiger partial charge is 0.399 e. The van der Waals surface area contributed by atoms with E-state index in [0.29, 0.717) is 0 Å². The summed E-state index contributed by atoms with van der Waals surface area (Å²) in [5, 5.41) is 10.1. The van der Waals surface area contributed by atoms with Crippen LogP contribution >= 0.6 is 12.4 Å². The Morgan fingerprint density at radius 3 is 2.44 bits per heavy atom. The SMILES string of the molecule is CON=C(CCNCCc1ccc2ccccc2c1)c1ccc(F)cc1.Cl. The van der Waals surface area contributed by atoms with Crippen LogP contribution in [0.4, 0.5) is 4.39 Å². The highest BCUT2D eigenvalue weighted by Gasteiger charge is 2.05. The molecule has 3 rings (SSSR count). The van der Waals surface area contributed by atoms with Crippen molar-refractivity contribution in [2.45, 2.75) is 12.8 Å². The van der Waals surface area contributed by atoms with Crippen molar-refractivity contribution >= 4 is 28.9 Å². The molecule has 0 aliphatic carbocycles. The molecule has 0 aliphatic heterocycles. The monoisotopic (exact) mass is 386 g/mol. The van der Waals surface area contributed by atoms with Gasteiger partial charge in [-0.05, 0) is 47.0 Å². The summed E-state index contributed by atoms with van der Waals surface area (Å²) >= 11 is 0. The van der Waals surface area contributed by atoms with Crippen LogP contribution in [0.25, 0.3) is 10.8 Å². The molecule has 3 aromatic carbocycles. The Morgan fingerprint density at radius 2 is 1.70 bits per heavy atom. The summed E-state index contributed by atoms with van der Waals surface area (Å²) in [6, 6.07) is 21.3. The standard InChI is InChI=1S/C22H23FN2O.ClH/c1-26-25-22(19-8-10-21(23)11-9-19)13-15-24-14-12-17-6-7-18-4-2-3-5-20(18)16-17;/h2-11,16,24H,12-15H2,1H3;1H. The second-order valence-corrected chi connectivity index (χ2v) is 6.16. The van der Waals surface area contributed by atoms with Crippen LogP contribution in [0.3, 0.4) is 0 Å². The van der Waals surface area contributed by atoms with E-state index in [0.717, 1.165) is 37.2 Å². The molecule has 27 heavy (non-hydrogen) atoms. The molecule has 0 aromatic heterocycles. The highest BCUT2D eigenvalue weighted by Crippen LogP contribution is 2.15. The lowest BCUT2D eigenvalue weighted by molar-refractivity contribution is 0.213. The van der Waals surface area contributed by atoms with Crippen molar-refractivity contribution in [2.24, 2.45) is 5.16 Å². The second kappa shape index (κ2) is 10.7. The van der Waals surface area contributed by atoms with Crippen LogP contribution in [-0.4, -0.2) is 25.9 Å². The van der Waals surface area contributed by atoms with Gasteiger partial charge in [-0.15, -0.1) is 12.4 Å². The molecule has 0 bridgehead atoms. The number of rotatable bonds is 8. The number of fused-ring (bicyclic) bond motifs is 1. The van der Waals surface area contributed by atoms with E-state index in [-0.39, 0.29) is 18.2 Å². The number of benzene rings is 3. The Hall–Kier alpha value is -2.43. The second-order valence-electron chi connectivity index (χ2n) is 6.16. The van der Waals surface area contributed by atoms with E-state index in [2.05, 4.69) is 52.9 Å². The summed E-state index contributed by atoms with van der Waals surface area (Å²) in [5.41, 5.74) is 3.01. The van der Waals surface area contributed by atoms with Crippen molar-refractivity contribution in [3.63, 3.8) is 0 Å². The Balaban J connectivity index is 0.00000261. The summed E-state index contributed by atoms with van der Waals surface area (Å²) in [7, 11) is 1.52. The summed E-state index contributed by atoms with van der Waals surface area (Å²) in [6.07, 6.45) is 1.69. The molecule has 0 fully saturated rings. The van der Waals surface area contributed by atoms with E-state index in [1.165, 1.54) is 35.6 Å². The van der Waals surface area contributed by atoms with Gasteiger partial charge in [0.15, 0.2) is 0 Å². The first-order valence-electron chi connectivity index (χ1n) is 8.80. The molecule has 5 heteroatoms. The van der Waals surface area contributed by atoms with Gasteiger partial charge in [-0.2, -0.15) is 0 Å². The first-order chi connectivity index (χ1) is 12.8. The minimum absolute atomic E-state index is 0. The molecule has 0 aliphatic rings. The maximum atomic E-state index is 13.1. The third-order valence-corrected chi connectivity index (χ3v) is 4.32. The lowest BCUT2D eigenvalue weighted by Gasteiger charge is -2.08. The normalized spacial score (nSPS) is 11.3. The molecule has 0 unspecified atom stereocenters. The smallest absolute Gasteiger partial charge is 0.123 e. The van der Waals surface area contributed by atoms with Gasteiger partial charge in [0.25, 0.3) is 0 Å². The lowest BCUT2D eigenvalue weighted by atomic mass is 10.1. The molecular weight excluding hydrogens is 363 g/mol. The molecule has 0 amide bonds. The molecule has 3 nitrogen and oxygen atoms in total. The Morgan fingerprint density at radius 1 is 0.963 bits per heavy atom. The van der Waals surface area contributed by atoms with Crippen molar-refractivity contribution in [3.8, 4) is 0 Å². The third kappa shape index (κ3) is 6.05. The number of hydrogen-bond donors (Lipinski definition) is 1. The topological polar surface area (TPSA) is 33.6 Å². The zero-order valence-electron chi connectivity index (χ0n) is 15.3. The van der Waals surface area contributed by atoms with Gasteiger partial charge in [-0.25, -0.2) is 4.39 Å². The molecule has 0 atom stereocenters. The fourth-order valence-corrected chi connectivity index (χ4v) is 2.95. The van der Waals surface area contributed by atoms with Gasteiger partial charge >= 0.3 is 0 Å². The van der Waals surface area contributed by atoms with Gasteiger partial charge in [0.05, 0.1) is 5.71 Å². The molecule has 0 saturated heterocycles. The van der Waals surface area contributed by atoms with Crippen molar-refractivity contribution < 1.29 is 9.23 Å². The van der Waals surface area contributed by atoms with Crippen molar-refractivity contribution in [2.75, 3.05) is 20.2 Å². The van der Waals surface area contributed by atoms with E-state index in [1.807, 2.05) is 0 Å². The molecule has 0 spiro atoms. The average molecular weight is 387 g/mol. The molecule has 3 aromatic rings. The maximum Gasteiger partial charge on any atom is 0.123 e. The van der Waals surface area contributed by atoms with Gasteiger partial charge < -0.3 is 10.2 Å². The Bertz CT molecular complexity index is 881. The van der Waals surface area contributed by atoms with Gasteiger partial charge in [0.2, 0.25) is 0 Å². The zero-order chi connectivity index (χ0) is 18.2. The molecule has 0 saturated carbocycles. The van der Waals surface area contributed by atoms with Crippen molar-refractivity contribution in [1.29, 1.82) is 0 Å².